The van der Waals surface area contributed by atoms with Gasteiger partial charge in [-0.05, 0) is 69.7 Å². The third-order valence-electron chi connectivity index (χ3n) is 8.44. The number of allylic oxidation sites excluding steroid dienone is 4. The molecule has 0 bridgehead atoms. The Morgan fingerprint density at radius 1 is 0.455 bits per heavy atom. The quantitative estimate of drug-likeness (QED) is 0.0229. The second kappa shape index (κ2) is 39.7. The van der Waals surface area contributed by atoms with Crippen molar-refractivity contribution in [2.24, 2.45) is 5.11 Å². The first-order valence-electron chi connectivity index (χ1n) is 19.3. The molecule has 0 rings (SSSR count). The molecule has 0 fully saturated rings. The number of azide groups is 1. The van der Waals surface area contributed by atoms with Crippen molar-refractivity contribution in [1.29, 1.82) is 0 Å². The largest absolute Gasteiger partial charge is 0.381 e. The lowest BCUT2D eigenvalue weighted by Gasteiger charge is -2.12. The van der Waals surface area contributed by atoms with Gasteiger partial charge in [0.25, 0.3) is 0 Å². The normalized spacial score (nSPS) is 11.8. The number of unbranched alkanes of at least 4 members (excludes halogenated alkanes) is 24. The van der Waals surface area contributed by atoms with Gasteiger partial charge in [0, 0.05) is 18.1 Å². The Balaban J connectivity index is 3.43. The summed E-state index contributed by atoms with van der Waals surface area (Å²) >= 11 is 0. The minimum Gasteiger partial charge on any atom is -0.381 e. The zero-order chi connectivity index (χ0) is 31.9. The summed E-state index contributed by atoms with van der Waals surface area (Å²) in [6, 6.07) is -0.219. The lowest BCUT2D eigenvalue weighted by Crippen LogP contribution is -2.20. The van der Waals surface area contributed by atoms with Gasteiger partial charge in [0.1, 0.15) is 0 Å². The van der Waals surface area contributed by atoms with Gasteiger partial charge in [-0.25, -0.2) is 0 Å². The molecular formula is C39H75N3O2. The summed E-state index contributed by atoms with van der Waals surface area (Å²) in [6.45, 7) is 6.97. The highest BCUT2D eigenvalue weighted by molar-refractivity contribution is 4.82. The van der Waals surface area contributed by atoms with Crippen molar-refractivity contribution in [1.82, 2.24) is 0 Å². The molecule has 0 aromatic heterocycles. The van der Waals surface area contributed by atoms with E-state index in [1.54, 1.807) is 0 Å². The third-order valence-corrected chi connectivity index (χ3v) is 8.44. The highest BCUT2D eigenvalue weighted by atomic mass is 16.5. The average molecular weight is 618 g/mol. The molecule has 258 valence electrons. The van der Waals surface area contributed by atoms with Gasteiger partial charge in [0.2, 0.25) is 0 Å². The summed E-state index contributed by atoms with van der Waals surface area (Å²) in [7, 11) is 0. The van der Waals surface area contributed by atoms with Crippen LogP contribution in [0.5, 0.6) is 0 Å². The maximum Gasteiger partial charge on any atom is 0.0841 e. The minimum atomic E-state index is -0.219. The van der Waals surface area contributed by atoms with Gasteiger partial charge in [-0.2, -0.15) is 0 Å². The summed E-state index contributed by atoms with van der Waals surface area (Å²) in [5.74, 6) is 0. The summed E-state index contributed by atoms with van der Waals surface area (Å²) in [5, 5.41) is 3.87. The average Bonchev–Trinajstić information content (AvgIpc) is 3.03. The van der Waals surface area contributed by atoms with Crippen molar-refractivity contribution in [2.45, 2.75) is 200 Å². The van der Waals surface area contributed by atoms with E-state index < -0.39 is 0 Å². The monoisotopic (exact) mass is 618 g/mol. The zero-order valence-electron chi connectivity index (χ0n) is 29.7. The fourth-order valence-corrected chi connectivity index (χ4v) is 5.53. The number of hydrogen-bond donors (Lipinski definition) is 0. The highest BCUT2D eigenvalue weighted by Gasteiger charge is 2.07. The lowest BCUT2D eigenvalue weighted by molar-refractivity contribution is 0.0646. The van der Waals surface area contributed by atoms with Crippen LogP contribution in [0, 0.1) is 0 Å². The van der Waals surface area contributed by atoms with Crippen LogP contribution in [-0.2, 0) is 9.47 Å². The van der Waals surface area contributed by atoms with Gasteiger partial charge in [-0.15, -0.1) is 0 Å². The molecule has 0 aliphatic heterocycles. The van der Waals surface area contributed by atoms with Crippen LogP contribution in [0.15, 0.2) is 29.4 Å². The van der Waals surface area contributed by atoms with Crippen molar-refractivity contribution in [3.8, 4) is 0 Å². The third kappa shape index (κ3) is 36.9. The van der Waals surface area contributed by atoms with Crippen molar-refractivity contribution in [3.63, 3.8) is 0 Å². The molecule has 0 aliphatic rings. The van der Waals surface area contributed by atoms with E-state index in [-0.39, 0.29) is 6.04 Å². The Bertz CT molecular complexity index is 599. The topological polar surface area (TPSA) is 67.2 Å². The molecule has 44 heavy (non-hydrogen) atoms. The smallest absolute Gasteiger partial charge is 0.0841 e. The summed E-state index contributed by atoms with van der Waals surface area (Å²) in [6.07, 6.45) is 46.3. The van der Waals surface area contributed by atoms with Crippen molar-refractivity contribution >= 4 is 0 Å². The predicted octanol–water partition coefficient (Wildman–Crippen LogP) is 13.8. The molecule has 0 N–H and O–H groups in total. The molecule has 0 aromatic carbocycles. The second-order valence-corrected chi connectivity index (χ2v) is 12.9. The van der Waals surface area contributed by atoms with Gasteiger partial charge in [-0.1, -0.05) is 159 Å². The van der Waals surface area contributed by atoms with Gasteiger partial charge >= 0.3 is 0 Å². The SMILES string of the molecule is CCCCCCCC/C=C\CCCCCCCCOCC(COCCCCCCCC/C=C\CCCCCCCC)N=[N+]=[N-]. The molecule has 0 atom stereocenters. The van der Waals surface area contributed by atoms with E-state index in [0.717, 1.165) is 26.1 Å². The minimum absolute atomic E-state index is 0.219. The fourth-order valence-electron chi connectivity index (χ4n) is 5.53. The molecule has 0 saturated carbocycles. The maximum atomic E-state index is 8.88. The second-order valence-electron chi connectivity index (χ2n) is 12.9. The van der Waals surface area contributed by atoms with E-state index in [1.807, 2.05) is 0 Å². The Labute approximate surface area is 275 Å². The molecular weight excluding hydrogens is 542 g/mol. The number of rotatable bonds is 37. The summed E-state index contributed by atoms with van der Waals surface area (Å²) in [4.78, 5) is 2.99. The Kier molecular flexibility index (Phi) is 38.6. The molecule has 0 radical (unpaired) electrons. The molecule has 0 heterocycles. The molecule has 0 aromatic rings. The van der Waals surface area contributed by atoms with Crippen LogP contribution in [0.3, 0.4) is 0 Å². The van der Waals surface area contributed by atoms with Crippen LogP contribution in [0.2, 0.25) is 0 Å². The van der Waals surface area contributed by atoms with Gasteiger partial charge in [0.15, 0.2) is 0 Å². The van der Waals surface area contributed by atoms with Crippen LogP contribution in [0.1, 0.15) is 194 Å². The van der Waals surface area contributed by atoms with Gasteiger partial charge in [-0.3, -0.25) is 0 Å². The van der Waals surface area contributed by atoms with E-state index in [4.69, 9.17) is 15.0 Å². The summed E-state index contributed by atoms with van der Waals surface area (Å²) < 4.78 is 11.6. The number of nitrogens with zero attached hydrogens (tertiary/aromatic N) is 3. The Morgan fingerprint density at radius 3 is 1.07 bits per heavy atom. The van der Waals surface area contributed by atoms with Gasteiger partial charge < -0.3 is 9.47 Å². The standard InChI is InChI=1S/C39H75N3O2/c1-3-5-7-9-11-13-15-17-19-21-23-25-27-29-31-33-35-43-37-39(41-42-40)38-44-36-34-32-30-28-26-24-22-20-18-16-14-12-10-8-6-4-2/h17-20,39H,3-16,21-38H2,1-2H3/b19-17-,20-18-. The molecule has 0 aliphatic carbocycles. The van der Waals surface area contributed by atoms with E-state index in [2.05, 4.69) is 48.2 Å². The van der Waals surface area contributed by atoms with Crippen LogP contribution in [0.4, 0.5) is 0 Å². The van der Waals surface area contributed by atoms with E-state index in [9.17, 15) is 0 Å². The summed E-state index contributed by atoms with van der Waals surface area (Å²) in [5.41, 5.74) is 8.88. The first-order chi connectivity index (χ1) is 21.8. The number of hydrogen-bond acceptors (Lipinski definition) is 3. The van der Waals surface area contributed by atoms with Crippen LogP contribution < -0.4 is 0 Å². The molecule has 5 heteroatoms. The maximum absolute atomic E-state index is 8.88. The zero-order valence-corrected chi connectivity index (χ0v) is 29.7. The molecule has 5 nitrogen and oxygen atoms in total. The van der Waals surface area contributed by atoms with Crippen molar-refractivity contribution in [3.05, 3.63) is 34.7 Å². The predicted molar refractivity (Wildman–Crippen MR) is 193 cm³/mol. The van der Waals surface area contributed by atoms with Gasteiger partial charge in [0.05, 0.1) is 19.3 Å². The molecule has 0 unspecified atom stereocenters. The lowest BCUT2D eigenvalue weighted by atomic mass is 10.1. The van der Waals surface area contributed by atoms with Crippen molar-refractivity contribution < 1.29 is 9.47 Å². The molecule has 0 saturated heterocycles. The van der Waals surface area contributed by atoms with Crippen molar-refractivity contribution in [2.75, 3.05) is 26.4 Å². The van der Waals surface area contributed by atoms with E-state index >= 15 is 0 Å². The van der Waals surface area contributed by atoms with Crippen LogP contribution in [0.25, 0.3) is 10.4 Å². The van der Waals surface area contributed by atoms with Crippen LogP contribution in [-0.4, -0.2) is 32.5 Å². The number of ether oxygens (including phenoxy) is 2. The van der Waals surface area contributed by atoms with E-state index in [1.165, 1.54) is 167 Å². The fraction of sp³-hybridized carbons (Fsp3) is 0.897. The van der Waals surface area contributed by atoms with Crippen LogP contribution >= 0.6 is 0 Å². The Hall–Kier alpha value is -1.29. The first kappa shape index (κ1) is 42.7. The molecule has 0 spiro atoms. The first-order valence-corrected chi connectivity index (χ1v) is 19.3. The highest BCUT2D eigenvalue weighted by Crippen LogP contribution is 2.12. The Morgan fingerprint density at radius 2 is 0.750 bits per heavy atom. The van der Waals surface area contributed by atoms with E-state index in [0.29, 0.717) is 13.2 Å². The molecule has 0 amide bonds.